The molecule has 1 atom stereocenters. The van der Waals surface area contributed by atoms with Gasteiger partial charge in [0.2, 0.25) is 0 Å². The number of hydrogen-bond donors (Lipinski definition) is 0. The third kappa shape index (κ3) is 2.68. The molecule has 0 spiro atoms. The van der Waals surface area contributed by atoms with Gasteiger partial charge < -0.3 is 4.74 Å². The van der Waals surface area contributed by atoms with Gasteiger partial charge in [-0.05, 0) is 19.8 Å². The Morgan fingerprint density at radius 1 is 1.29 bits per heavy atom. The lowest BCUT2D eigenvalue weighted by molar-refractivity contribution is 0.184. The van der Waals surface area contributed by atoms with Crippen molar-refractivity contribution < 1.29 is 4.74 Å². The van der Waals surface area contributed by atoms with E-state index in [2.05, 4.69) is 28.9 Å². The lowest BCUT2D eigenvalue weighted by Gasteiger charge is -2.13. The predicted octanol–water partition coefficient (Wildman–Crippen LogP) is 2.13. The molecule has 21 heavy (non-hydrogen) atoms. The van der Waals surface area contributed by atoms with E-state index in [1.165, 1.54) is 0 Å². The van der Waals surface area contributed by atoms with Crippen molar-refractivity contribution in [3.05, 3.63) is 23.5 Å². The van der Waals surface area contributed by atoms with Crippen LogP contribution in [0.3, 0.4) is 0 Å². The van der Waals surface area contributed by atoms with Crippen LogP contribution >= 0.6 is 0 Å². The van der Waals surface area contributed by atoms with Crippen LogP contribution in [0.4, 0.5) is 0 Å². The molecular weight excluding hydrogens is 266 g/mol. The number of rotatable bonds is 4. The number of aryl methyl sites for hydroxylation is 3. The van der Waals surface area contributed by atoms with Crippen LogP contribution in [0.1, 0.15) is 43.7 Å². The van der Waals surface area contributed by atoms with Crippen LogP contribution < -0.4 is 0 Å². The summed E-state index contributed by atoms with van der Waals surface area (Å²) in [6.45, 7) is 7.58. The summed E-state index contributed by atoms with van der Waals surface area (Å²) in [5.74, 6) is 2.53. The van der Waals surface area contributed by atoms with Crippen molar-refractivity contribution in [1.82, 2.24) is 24.7 Å². The third-order valence-electron chi connectivity index (χ3n) is 3.81. The minimum absolute atomic E-state index is 0.263. The molecule has 0 radical (unpaired) electrons. The predicted molar refractivity (Wildman–Crippen MR) is 79.0 cm³/mol. The van der Waals surface area contributed by atoms with E-state index in [0.29, 0.717) is 6.61 Å². The summed E-state index contributed by atoms with van der Waals surface area (Å²) in [6.07, 6.45) is 4.53. The number of ether oxygens (including phenoxy) is 1. The monoisotopic (exact) mass is 287 g/mol. The topological polar surface area (TPSA) is 65.7 Å². The van der Waals surface area contributed by atoms with Crippen molar-refractivity contribution >= 4 is 0 Å². The Morgan fingerprint density at radius 2 is 2.14 bits per heavy atom. The molecule has 1 aliphatic rings. The molecule has 3 heterocycles. The fourth-order valence-electron chi connectivity index (χ4n) is 2.64. The largest absolute Gasteiger partial charge is 0.379 e. The van der Waals surface area contributed by atoms with Crippen molar-refractivity contribution in [2.75, 3.05) is 13.2 Å². The van der Waals surface area contributed by atoms with Gasteiger partial charge in [-0.15, -0.1) is 0 Å². The van der Waals surface area contributed by atoms with E-state index >= 15 is 0 Å². The highest BCUT2D eigenvalue weighted by Crippen LogP contribution is 2.27. The van der Waals surface area contributed by atoms with Crippen LogP contribution in [0.15, 0.2) is 6.20 Å². The van der Waals surface area contributed by atoms with Crippen LogP contribution in [-0.4, -0.2) is 37.9 Å². The van der Waals surface area contributed by atoms with Crippen LogP contribution in [0, 0.1) is 6.92 Å². The summed E-state index contributed by atoms with van der Waals surface area (Å²) in [4.78, 5) is 13.6. The van der Waals surface area contributed by atoms with E-state index in [0.717, 1.165) is 54.6 Å². The highest BCUT2D eigenvalue weighted by Gasteiger charge is 2.24. The summed E-state index contributed by atoms with van der Waals surface area (Å²) in [6, 6.07) is 0.263. The first kappa shape index (κ1) is 14.1. The summed E-state index contributed by atoms with van der Waals surface area (Å²) in [5, 5.41) is 4.65. The van der Waals surface area contributed by atoms with Crippen molar-refractivity contribution in [1.29, 1.82) is 0 Å². The molecule has 2 aromatic heterocycles. The zero-order chi connectivity index (χ0) is 14.8. The summed E-state index contributed by atoms with van der Waals surface area (Å²) in [5.41, 5.74) is 2.01. The normalized spacial score (nSPS) is 18.3. The Labute approximate surface area is 124 Å². The molecule has 0 N–H and O–H groups in total. The third-order valence-corrected chi connectivity index (χ3v) is 3.81. The molecule has 1 unspecified atom stereocenters. The molecule has 3 rings (SSSR count). The van der Waals surface area contributed by atoms with Crippen LogP contribution in [0.25, 0.3) is 11.4 Å². The molecule has 0 bridgehead atoms. The van der Waals surface area contributed by atoms with Crippen LogP contribution in [0.2, 0.25) is 0 Å². The Bertz CT molecular complexity index is 631. The summed E-state index contributed by atoms with van der Waals surface area (Å²) in [7, 11) is 0. The first-order valence-corrected chi connectivity index (χ1v) is 7.59. The van der Waals surface area contributed by atoms with E-state index in [1.54, 1.807) is 0 Å². The van der Waals surface area contributed by atoms with Gasteiger partial charge in [0.1, 0.15) is 5.82 Å². The maximum absolute atomic E-state index is 5.50. The van der Waals surface area contributed by atoms with E-state index < -0.39 is 0 Å². The quantitative estimate of drug-likeness (QED) is 0.862. The molecule has 6 heteroatoms. The van der Waals surface area contributed by atoms with Gasteiger partial charge >= 0.3 is 0 Å². The van der Waals surface area contributed by atoms with E-state index in [4.69, 9.17) is 9.72 Å². The second kappa shape index (κ2) is 5.89. The maximum Gasteiger partial charge on any atom is 0.162 e. The molecule has 1 fully saturated rings. The molecular formula is C15H21N5O. The second-order valence-electron chi connectivity index (χ2n) is 5.30. The second-order valence-corrected chi connectivity index (χ2v) is 5.30. The highest BCUT2D eigenvalue weighted by molar-refractivity contribution is 5.57. The fourth-order valence-corrected chi connectivity index (χ4v) is 2.64. The Balaban J connectivity index is 2.10. The first-order chi connectivity index (χ1) is 10.2. The molecule has 2 aromatic rings. The molecule has 1 saturated heterocycles. The van der Waals surface area contributed by atoms with Gasteiger partial charge in [0, 0.05) is 19.2 Å². The number of aromatic nitrogens is 5. The fraction of sp³-hybridized carbons (Fsp3) is 0.600. The molecule has 0 aromatic carbocycles. The Morgan fingerprint density at radius 3 is 2.81 bits per heavy atom. The summed E-state index contributed by atoms with van der Waals surface area (Å²) < 4.78 is 7.51. The zero-order valence-electron chi connectivity index (χ0n) is 12.8. The first-order valence-electron chi connectivity index (χ1n) is 7.59. The zero-order valence-corrected chi connectivity index (χ0v) is 12.8. The number of hydrogen-bond acceptors (Lipinski definition) is 5. The highest BCUT2D eigenvalue weighted by atomic mass is 16.5. The Kier molecular flexibility index (Phi) is 3.96. The minimum atomic E-state index is 0.263. The lowest BCUT2D eigenvalue weighted by atomic mass is 10.1. The van der Waals surface area contributed by atoms with E-state index in [9.17, 15) is 0 Å². The van der Waals surface area contributed by atoms with Gasteiger partial charge in [0.25, 0.3) is 0 Å². The van der Waals surface area contributed by atoms with Crippen molar-refractivity contribution in [2.45, 2.75) is 46.1 Å². The molecule has 6 nitrogen and oxygen atoms in total. The molecule has 112 valence electrons. The maximum atomic E-state index is 5.50. The molecule has 0 saturated carbocycles. The molecule has 0 amide bonds. The lowest BCUT2D eigenvalue weighted by Crippen LogP contribution is -2.13. The van der Waals surface area contributed by atoms with Gasteiger partial charge in [0.05, 0.1) is 23.9 Å². The minimum Gasteiger partial charge on any atom is -0.379 e. The average Bonchev–Trinajstić information content (AvgIpc) is 3.15. The van der Waals surface area contributed by atoms with Gasteiger partial charge in [-0.1, -0.05) is 13.8 Å². The Hall–Kier alpha value is -1.82. The SMILES string of the molecule is CCc1nc(-c2cnc(C)nc2CC)n(C2CCOC2)n1. The van der Waals surface area contributed by atoms with Gasteiger partial charge in [-0.2, -0.15) is 5.10 Å². The average molecular weight is 287 g/mol. The standard InChI is InChI=1S/C15H21N5O/c1-4-13-12(8-16-10(3)17-13)15-18-14(5-2)19-20(15)11-6-7-21-9-11/h8,11H,4-7,9H2,1-3H3. The van der Waals surface area contributed by atoms with Gasteiger partial charge in [0.15, 0.2) is 11.6 Å². The van der Waals surface area contributed by atoms with Crippen LogP contribution in [0.5, 0.6) is 0 Å². The van der Waals surface area contributed by atoms with E-state index in [1.807, 2.05) is 17.8 Å². The molecule has 1 aliphatic heterocycles. The van der Waals surface area contributed by atoms with Crippen molar-refractivity contribution in [3.8, 4) is 11.4 Å². The van der Waals surface area contributed by atoms with Crippen molar-refractivity contribution in [3.63, 3.8) is 0 Å². The van der Waals surface area contributed by atoms with Crippen molar-refractivity contribution in [2.24, 2.45) is 0 Å². The van der Waals surface area contributed by atoms with Crippen LogP contribution in [-0.2, 0) is 17.6 Å². The number of nitrogens with zero attached hydrogens (tertiary/aromatic N) is 5. The smallest absolute Gasteiger partial charge is 0.162 e. The van der Waals surface area contributed by atoms with Gasteiger partial charge in [-0.25, -0.2) is 19.6 Å². The summed E-state index contributed by atoms with van der Waals surface area (Å²) >= 11 is 0. The van der Waals surface area contributed by atoms with E-state index in [-0.39, 0.29) is 6.04 Å². The van der Waals surface area contributed by atoms with Gasteiger partial charge in [-0.3, -0.25) is 0 Å². The molecule has 0 aliphatic carbocycles.